The number of pyridine rings is 1. The molecular formula is C26H27F4N3O4. The highest BCUT2D eigenvalue weighted by Gasteiger charge is 2.32. The summed E-state index contributed by atoms with van der Waals surface area (Å²) in [6.07, 6.45) is -3.70. The van der Waals surface area contributed by atoms with Gasteiger partial charge in [-0.05, 0) is 50.3 Å². The maximum atomic E-state index is 14.7. The summed E-state index contributed by atoms with van der Waals surface area (Å²) in [5.41, 5.74) is 4.05. The van der Waals surface area contributed by atoms with Crippen molar-refractivity contribution in [2.75, 3.05) is 33.9 Å². The standard InChI is InChI=1S/C26H27F4N3O4/c1-4-36-23-14-25(35)33(15-21(23)16-5-6-17(10-24(31)34)22(27)9-16)19-11-18(26(28,29)30)12-20(13-19)37-8-7-32(2)3/h5-6,9,11-15H,4,7-8,10H2,1-3H3,(H2,31,34). The fraction of sp³-hybridized carbons (Fsp3) is 0.308. The van der Waals surface area contributed by atoms with Crippen LogP contribution in [0.1, 0.15) is 18.1 Å². The first kappa shape index (κ1) is 27.7. The molecule has 1 heterocycles. The third-order valence-electron chi connectivity index (χ3n) is 5.35. The molecule has 2 aromatic carbocycles. The Morgan fingerprint density at radius 1 is 1.08 bits per heavy atom. The number of alkyl halides is 3. The van der Waals surface area contributed by atoms with Crippen LogP contribution in [0, 0.1) is 5.82 Å². The number of primary amides is 1. The van der Waals surface area contributed by atoms with Gasteiger partial charge in [0, 0.05) is 30.4 Å². The lowest BCUT2D eigenvalue weighted by Crippen LogP contribution is -2.21. The second-order valence-corrected chi connectivity index (χ2v) is 8.51. The van der Waals surface area contributed by atoms with E-state index in [2.05, 4.69) is 0 Å². The smallest absolute Gasteiger partial charge is 0.416 e. The van der Waals surface area contributed by atoms with E-state index >= 15 is 0 Å². The van der Waals surface area contributed by atoms with E-state index in [-0.39, 0.29) is 53.5 Å². The highest BCUT2D eigenvalue weighted by molar-refractivity contribution is 5.77. The van der Waals surface area contributed by atoms with Gasteiger partial charge in [0.15, 0.2) is 0 Å². The van der Waals surface area contributed by atoms with Crippen LogP contribution in [0.15, 0.2) is 53.5 Å². The number of amides is 1. The third-order valence-corrected chi connectivity index (χ3v) is 5.35. The van der Waals surface area contributed by atoms with Gasteiger partial charge in [0.05, 0.1) is 24.3 Å². The van der Waals surface area contributed by atoms with Gasteiger partial charge >= 0.3 is 6.18 Å². The van der Waals surface area contributed by atoms with Gasteiger partial charge in [-0.3, -0.25) is 14.2 Å². The molecule has 1 aromatic heterocycles. The van der Waals surface area contributed by atoms with E-state index in [0.29, 0.717) is 6.54 Å². The lowest BCUT2D eigenvalue weighted by molar-refractivity contribution is -0.137. The quantitative estimate of drug-likeness (QED) is 0.407. The Balaban J connectivity index is 2.15. The average Bonchev–Trinajstić information content (AvgIpc) is 2.79. The number of aromatic nitrogens is 1. The topological polar surface area (TPSA) is 86.8 Å². The Hall–Kier alpha value is -3.86. The van der Waals surface area contributed by atoms with Crippen molar-refractivity contribution >= 4 is 5.91 Å². The molecule has 11 heteroatoms. The minimum atomic E-state index is -4.69. The fourth-order valence-corrected chi connectivity index (χ4v) is 3.57. The second kappa shape index (κ2) is 11.5. The number of halogens is 4. The summed E-state index contributed by atoms with van der Waals surface area (Å²) in [4.78, 5) is 25.9. The summed E-state index contributed by atoms with van der Waals surface area (Å²) in [6.45, 7) is 2.48. The van der Waals surface area contributed by atoms with Gasteiger partial charge in [-0.25, -0.2) is 4.39 Å². The van der Waals surface area contributed by atoms with Gasteiger partial charge in [0.2, 0.25) is 5.91 Å². The van der Waals surface area contributed by atoms with E-state index in [4.69, 9.17) is 15.2 Å². The number of carbonyl (C=O) groups excluding carboxylic acids is 1. The molecule has 0 radical (unpaired) electrons. The first-order chi connectivity index (χ1) is 17.4. The molecule has 1 amide bonds. The van der Waals surface area contributed by atoms with E-state index < -0.39 is 29.0 Å². The molecule has 0 saturated heterocycles. The van der Waals surface area contributed by atoms with Crippen LogP contribution >= 0.6 is 0 Å². The van der Waals surface area contributed by atoms with E-state index in [1.165, 1.54) is 24.4 Å². The Morgan fingerprint density at radius 3 is 2.41 bits per heavy atom. The molecule has 3 rings (SSSR count). The number of ether oxygens (including phenoxy) is 2. The van der Waals surface area contributed by atoms with Crippen molar-refractivity contribution in [2.24, 2.45) is 5.73 Å². The summed E-state index contributed by atoms with van der Waals surface area (Å²) in [5.74, 6) is -1.34. The number of carbonyl (C=O) groups is 1. The van der Waals surface area contributed by atoms with Crippen molar-refractivity contribution < 1.29 is 31.8 Å². The number of nitrogens with two attached hydrogens (primary N) is 1. The number of likely N-dealkylation sites (N-methyl/N-ethyl adjacent to an activating group) is 1. The molecule has 198 valence electrons. The summed E-state index contributed by atoms with van der Waals surface area (Å²) in [5, 5.41) is 0. The number of benzene rings is 2. The van der Waals surface area contributed by atoms with E-state index in [1.54, 1.807) is 21.0 Å². The van der Waals surface area contributed by atoms with Crippen LogP contribution in [0.5, 0.6) is 11.5 Å². The van der Waals surface area contributed by atoms with E-state index in [9.17, 15) is 27.2 Å². The summed E-state index contributed by atoms with van der Waals surface area (Å²) < 4.78 is 67.7. The van der Waals surface area contributed by atoms with Gasteiger partial charge in [0.25, 0.3) is 5.56 Å². The van der Waals surface area contributed by atoms with Crippen molar-refractivity contribution in [2.45, 2.75) is 19.5 Å². The van der Waals surface area contributed by atoms with Crippen LogP contribution in [0.2, 0.25) is 0 Å². The van der Waals surface area contributed by atoms with Crippen LogP contribution in [0.3, 0.4) is 0 Å². The molecule has 0 saturated carbocycles. The number of rotatable bonds is 10. The van der Waals surface area contributed by atoms with Crippen molar-refractivity contribution in [1.82, 2.24) is 9.47 Å². The molecule has 0 spiro atoms. The molecule has 0 bridgehead atoms. The summed E-state index contributed by atoms with van der Waals surface area (Å²) >= 11 is 0. The molecule has 0 aliphatic carbocycles. The molecule has 37 heavy (non-hydrogen) atoms. The van der Waals surface area contributed by atoms with Crippen LogP contribution in [0.25, 0.3) is 16.8 Å². The highest BCUT2D eigenvalue weighted by Crippen LogP contribution is 2.35. The minimum Gasteiger partial charge on any atom is -0.493 e. The normalized spacial score (nSPS) is 11.6. The average molecular weight is 522 g/mol. The van der Waals surface area contributed by atoms with Gasteiger partial charge in [-0.2, -0.15) is 13.2 Å². The lowest BCUT2D eigenvalue weighted by atomic mass is 10.0. The first-order valence-corrected chi connectivity index (χ1v) is 11.4. The number of nitrogens with zero attached hydrogens (tertiary/aromatic N) is 2. The molecule has 0 atom stereocenters. The van der Waals surface area contributed by atoms with Crippen molar-refractivity contribution in [3.8, 4) is 28.3 Å². The largest absolute Gasteiger partial charge is 0.493 e. The predicted octanol–water partition coefficient (Wildman–Crippen LogP) is 4.03. The van der Waals surface area contributed by atoms with Crippen LogP contribution in [-0.2, 0) is 17.4 Å². The highest BCUT2D eigenvalue weighted by atomic mass is 19.4. The maximum Gasteiger partial charge on any atom is 0.416 e. The van der Waals surface area contributed by atoms with Gasteiger partial charge in [-0.15, -0.1) is 0 Å². The van der Waals surface area contributed by atoms with Gasteiger partial charge in [0.1, 0.15) is 23.9 Å². The molecule has 0 unspecified atom stereocenters. The first-order valence-electron chi connectivity index (χ1n) is 11.4. The van der Waals surface area contributed by atoms with Crippen LogP contribution < -0.4 is 20.8 Å². The number of hydrogen-bond donors (Lipinski definition) is 1. The zero-order chi connectivity index (χ0) is 27.3. The molecule has 7 nitrogen and oxygen atoms in total. The SMILES string of the molecule is CCOc1cc(=O)n(-c2cc(OCCN(C)C)cc(C(F)(F)F)c2)cc1-c1ccc(CC(N)=O)c(F)c1. The zero-order valence-electron chi connectivity index (χ0n) is 20.6. The molecular weight excluding hydrogens is 494 g/mol. The molecule has 0 aliphatic rings. The monoisotopic (exact) mass is 521 g/mol. The van der Waals surface area contributed by atoms with Gasteiger partial charge < -0.3 is 20.1 Å². The number of hydrogen-bond acceptors (Lipinski definition) is 5. The Bertz CT molecular complexity index is 1340. The van der Waals surface area contributed by atoms with E-state index in [0.717, 1.165) is 28.8 Å². The third kappa shape index (κ3) is 7.10. The molecule has 0 fully saturated rings. The van der Waals surface area contributed by atoms with E-state index in [1.807, 2.05) is 4.90 Å². The minimum absolute atomic E-state index is 0.0594. The summed E-state index contributed by atoms with van der Waals surface area (Å²) in [6, 6.07) is 8.19. The lowest BCUT2D eigenvalue weighted by Gasteiger charge is -2.17. The molecule has 2 N–H and O–H groups in total. The summed E-state index contributed by atoms with van der Waals surface area (Å²) in [7, 11) is 3.59. The van der Waals surface area contributed by atoms with Crippen molar-refractivity contribution in [3.63, 3.8) is 0 Å². The Morgan fingerprint density at radius 2 is 1.81 bits per heavy atom. The fourth-order valence-electron chi connectivity index (χ4n) is 3.57. The Labute approximate surface area is 211 Å². The Kier molecular flexibility index (Phi) is 8.59. The second-order valence-electron chi connectivity index (χ2n) is 8.51. The van der Waals surface area contributed by atoms with Crippen LogP contribution in [0.4, 0.5) is 17.6 Å². The zero-order valence-corrected chi connectivity index (χ0v) is 20.6. The van der Waals surface area contributed by atoms with Crippen LogP contribution in [-0.4, -0.2) is 49.2 Å². The molecule has 0 aliphatic heterocycles. The maximum absolute atomic E-state index is 14.7. The predicted molar refractivity (Wildman–Crippen MR) is 131 cm³/mol. The van der Waals surface area contributed by atoms with Crippen molar-refractivity contribution in [3.05, 3.63) is 76.0 Å². The van der Waals surface area contributed by atoms with Crippen molar-refractivity contribution in [1.29, 1.82) is 0 Å². The molecule has 3 aromatic rings. The van der Waals surface area contributed by atoms with Gasteiger partial charge in [-0.1, -0.05) is 12.1 Å².